The van der Waals surface area contributed by atoms with E-state index in [0.717, 1.165) is 22.0 Å². The lowest BCUT2D eigenvalue weighted by Gasteiger charge is -2.10. The molecule has 0 heterocycles. The van der Waals surface area contributed by atoms with Crippen molar-refractivity contribution in [3.8, 4) is 0 Å². The van der Waals surface area contributed by atoms with E-state index in [4.69, 9.17) is 11.6 Å². The highest BCUT2D eigenvalue weighted by Crippen LogP contribution is 2.22. The van der Waals surface area contributed by atoms with Gasteiger partial charge in [-0.1, -0.05) is 28.1 Å². The first-order valence-electron chi connectivity index (χ1n) is 6.36. The number of anilines is 1. The highest BCUT2D eigenvalue weighted by atomic mass is 79.9. The Labute approximate surface area is 138 Å². The number of nitrogens with one attached hydrogen (secondary N) is 1. The second-order valence-corrected chi connectivity index (χ2v) is 7.57. The van der Waals surface area contributed by atoms with Crippen molar-refractivity contribution in [3.05, 3.63) is 58.1 Å². The molecule has 0 unspecified atom stereocenters. The van der Waals surface area contributed by atoms with Crippen LogP contribution in [0.2, 0.25) is 0 Å². The molecule has 0 aliphatic carbocycles. The lowest BCUT2D eigenvalue weighted by molar-refractivity contribution is 0.601. The fourth-order valence-corrected chi connectivity index (χ4v) is 3.38. The van der Waals surface area contributed by atoms with E-state index in [2.05, 4.69) is 20.7 Å². The van der Waals surface area contributed by atoms with E-state index < -0.39 is 10.0 Å². The molecule has 1 N–H and O–H groups in total. The number of hydrogen-bond donors (Lipinski definition) is 1. The van der Waals surface area contributed by atoms with Gasteiger partial charge in [-0.2, -0.15) is 0 Å². The Kier molecular flexibility index (Phi) is 5.30. The summed E-state index contributed by atoms with van der Waals surface area (Å²) in [7, 11) is -3.57. The van der Waals surface area contributed by atoms with Crippen molar-refractivity contribution in [3.63, 3.8) is 0 Å². The van der Waals surface area contributed by atoms with Gasteiger partial charge in [0.05, 0.1) is 4.90 Å². The summed E-state index contributed by atoms with van der Waals surface area (Å²) >= 11 is 9.05. The van der Waals surface area contributed by atoms with Crippen molar-refractivity contribution in [2.24, 2.45) is 0 Å². The predicted octanol–water partition coefficient (Wildman–Crippen LogP) is 4.34. The molecule has 2 aromatic rings. The van der Waals surface area contributed by atoms with Crippen LogP contribution in [0, 0.1) is 6.92 Å². The molecule has 2 rings (SSSR count). The second-order valence-electron chi connectivity index (χ2n) is 4.65. The maximum Gasteiger partial charge on any atom is 0.261 e. The number of alkyl halides is 1. The fourth-order valence-electron chi connectivity index (χ4n) is 1.87. The number of benzene rings is 2. The van der Waals surface area contributed by atoms with Crippen molar-refractivity contribution in [2.75, 3.05) is 10.6 Å². The number of aryl methyl sites for hydroxylation is 2. The zero-order chi connectivity index (χ0) is 15.5. The zero-order valence-corrected chi connectivity index (χ0v) is 14.6. The van der Waals surface area contributed by atoms with Gasteiger partial charge in [-0.3, -0.25) is 4.72 Å². The first-order valence-corrected chi connectivity index (χ1v) is 9.17. The number of rotatable bonds is 5. The van der Waals surface area contributed by atoms with Crippen LogP contribution in [-0.4, -0.2) is 14.3 Å². The number of hydrogen-bond acceptors (Lipinski definition) is 2. The predicted molar refractivity (Wildman–Crippen MR) is 90.6 cm³/mol. The summed E-state index contributed by atoms with van der Waals surface area (Å²) in [5, 5.41) is 0. The molecule has 0 aliphatic rings. The molecular weight excluding hydrogens is 374 g/mol. The third-order valence-electron chi connectivity index (χ3n) is 3.03. The van der Waals surface area contributed by atoms with E-state index in [-0.39, 0.29) is 4.90 Å². The van der Waals surface area contributed by atoms with E-state index in [1.807, 2.05) is 13.0 Å². The van der Waals surface area contributed by atoms with Crippen LogP contribution in [0.5, 0.6) is 0 Å². The van der Waals surface area contributed by atoms with E-state index in [1.165, 1.54) is 0 Å². The van der Waals surface area contributed by atoms with Gasteiger partial charge in [0, 0.05) is 16.0 Å². The van der Waals surface area contributed by atoms with Gasteiger partial charge in [0.15, 0.2) is 0 Å². The quantitative estimate of drug-likeness (QED) is 0.774. The minimum Gasteiger partial charge on any atom is -0.280 e. The minimum atomic E-state index is -3.57. The van der Waals surface area contributed by atoms with Crippen LogP contribution in [0.3, 0.4) is 0 Å². The van der Waals surface area contributed by atoms with Gasteiger partial charge in [0.1, 0.15) is 0 Å². The lowest BCUT2D eigenvalue weighted by atomic mass is 10.2. The minimum absolute atomic E-state index is 0.237. The van der Waals surface area contributed by atoms with E-state index in [0.29, 0.717) is 11.6 Å². The van der Waals surface area contributed by atoms with Crippen LogP contribution < -0.4 is 4.72 Å². The summed E-state index contributed by atoms with van der Waals surface area (Å²) in [4.78, 5) is 0.237. The molecule has 0 aromatic heterocycles. The molecule has 112 valence electrons. The van der Waals surface area contributed by atoms with E-state index in [9.17, 15) is 8.42 Å². The molecule has 0 spiro atoms. The zero-order valence-electron chi connectivity index (χ0n) is 11.4. The Hall–Kier alpha value is -1.04. The Balaban J connectivity index is 2.23. The summed E-state index contributed by atoms with van der Waals surface area (Å²) in [6, 6.07) is 12.1. The summed E-state index contributed by atoms with van der Waals surface area (Å²) in [6.45, 7) is 1.91. The first-order chi connectivity index (χ1) is 9.92. The van der Waals surface area contributed by atoms with Crippen molar-refractivity contribution in [2.45, 2.75) is 18.2 Å². The lowest BCUT2D eigenvalue weighted by Crippen LogP contribution is -2.13. The average molecular weight is 389 g/mol. The largest absolute Gasteiger partial charge is 0.280 e. The monoisotopic (exact) mass is 387 g/mol. The topological polar surface area (TPSA) is 46.2 Å². The molecule has 0 fully saturated rings. The average Bonchev–Trinajstić information content (AvgIpc) is 2.44. The van der Waals surface area contributed by atoms with Crippen LogP contribution in [0.25, 0.3) is 0 Å². The van der Waals surface area contributed by atoms with Crippen LogP contribution in [0.4, 0.5) is 5.69 Å². The molecule has 0 bridgehead atoms. The van der Waals surface area contributed by atoms with Gasteiger partial charge in [-0.25, -0.2) is 8.42 Å². The number of sulfonamides is 1. The number of halogens is 2. The highest BCUT2D eigenvalue weighted by molar-refractivity contribution is 9.10. The maximum atomic E-state index is 12.3. The summed E-state index contributed by atoms with van der Waals surface area (Å²) in [5.74, 6) is 0.516. The van der Waals surface area contributed by atoms with Crippen LogP contribution in [-0.2, 0) is 16.4 Å². The Bertz CT molecular complexity index is 730. The van der Waals surface area contributed by atoms with E-state index in [1.54, 1.807) is 36.4 Å². The van der Waals surface area contributed by atoms with Crippen molar-refractivity contribution < 1.29 is 8.42 Å². The van der Waals surface area contributed by atoms with Gasteiger partial charge < -0.3 is 0 Å². The highest BCUT2D eigenvalue weighted by Gasteiger charge is 2.14. The van der Waals surface area contributed by atoms with Gasteiger partial charge in [-0.05, 0) is 54.8 Å². The van der Waals surface area contributed by atoms with Crippen molar-refractivity contribution >= 4 is 43.2 Å². The van der Waals surface area contributed by atoms with Gasteiger partial charge in [0.25, 0.3) is 10.0 Å². The molecule has 0 amide bonds. The van der Waals surface area contributed by atoms with Gasteiger partial charge >= 0.3 is 0 Å². The van der Waals surface area contributed by atoms with Crippen LogP contribution >= 0.6 is 27.5 Å². The normalized spacial score (nSPS) is 11.4. The Morgan fingerprint density at radius 2 is 1.81 bits per heavy atom. The standard InChI is InChI=1S/C15H15BrClNO2S/c1-11-10-13(4-7-15(11)16)18-21(19,20)14-5-2-12(3-6-14)8-9-17/h2-7,10,18H,8-9H2,1H3. The molecule has 0 aliphatic heterocycles. The van der Waals surface area contributed by atoms with Crippen molar-refractivity contribution in [1.82, 2.24) is 0 Å². The molecule has 0 atom stereocenters. The molecular formula is C15H15BrClNO2S. The smallest absolute Gasteiger partial charge is 0.261 e. The molecule has 0 radical (unpaired) electrons. The van der Waals surface area contributed by atoms with Crippen LogP contribution in [0.1, 0.15) is 11.1 Å². The maximum absolute atomic E-state index is 12.3. The fraction of sp³-hybridized carbons (Fsp3) is 0.200. The molecule has 0 saturated heterocycles. The van der Waals surface area contributed by atoms with Gasteiger partial charge in [0.2, 0.25) is 0 Å². The van der Waals surface area contributed by atoms with Crippen molar-refractivity contribution in [1.29, 1.82) is 0 Å². The third kappa shape index (κ3) is 4.22. The summed E-state index contributed by atoms with van der Waals surface area (Å²) < 4.78 is 28.2. The molecule has 0 saturated carbocycles. The SMILES string of the molecule is Cc1cc(NS(=O)(=O)c2ccc(CCCl)cc2)ccc1Br. The first kappa shape index (κ1) is 16.3. The Morgan fingerprint density at radius 3 is 2.38 bits per heavy atom. The molecule has 21 heavy (non-hydrogen) atoms. The third-order valence-corrected chi connectivity index (χ3v) is 5.50. The molecule has 6 heteroatoms. The second kappa shape index (κ2) is 6.81. The van der Waals surface area contributed by atoms with Crippen LogP contribution in [0.15, 0.2) is 51.8 Å². The summed E-state index contributed by atoms with van der Waals surface area (Å²) in [5.41, 5.74) is 2.52. The molecule has 3 nitrogen and oxygen atoms in total. The van der Waals surface area contributed by atoms with E-state index >= 15 is 0 Å². The Morgan fingerprint density at radius 1 is 1.14 bits per heavy atom. The van der Waals surface area contributed by atoms with Gasteiger partial charge in [-0.15, -0.1) is 11.6 Å². The molecule has 2 aromatic carbocycles. The summed E-state index contributed by atoms with van der Waals surface area (Å²) in [6.07, 6.45) is 0.723.